The number of amides is 1. The fourth-order valence-electron chi connectivity index (χ4n) is 4.44. The largest absolute Gasteiger partial charge is 0.507 e. The van der Waals surface area contributed by atoms with E-state index in [1.807, 2.05) is 44.2 Å². The van der Waals surface area contributed by atoms with Crippen molar-refractivity contribution in [2.75, 3.05) is 24.9 Å². The number of hydrogen-bond acceptors (Lipinski definition) is 7. The minimum Gasteiger partial charge on any atom is -0.507 e. The summed E-state index contributed by atoms with van der Waals surface area (Å²) in [6, 6.07) is 18.2. The van der Waals surface area contributed by atoms with E-state index in [4.69, 9.17) is 18.9 Å². The summed E-state index contributed by atoms with van der Waals surface area (Å²) in [5.74, 6) is 0.169. The Morgan fingerprint density at radius 1 is 0.917 bits per heavy atom. The van der Waals surface area contributed by atoms with Crippen molar-refractivity contribution in [2.45, 2.75) is 19.9 Å². The number of carbonyl (C=O) groups is 2. The number of Topliss-reactive ketones (excluding diaryl/α,β-unsaturated/α-hetero) is 1. The summed E-state index contributed by atoms with van der Waals surface area (Å²) in [5.41, 5.74) is 1.45. The van der Waals surface area contributed by atoms with E-state index in [9.17, 15) is 14.7 Å². The molecule has 3 aromatic rings. The van der Waals surface area contributed by atoms with Crippen molar-refractivity contribution >= 4 is 23.1 Å². The lowest BCUT2D eigenvalue weighted by Gasteiger charge is -2.26. The van der Waals surface area contributed by atoms with E-state index < -0.39 is 17.7 Å². The SMILES string of the molecule is CCOc1ccc(N2C(=O)C(=O)/C(=C(\O)c3ccc4c(c3)OCO4)C2c2ccccc2)cc1OCC. The molecule has 1 fully saturated rings. The standard InChI is InChI=1S/C28H25NO7/c1-3-33-20-13-11-19(15-23(20)34-4-2)29-25(17-8-6-5-7-9-17)24(27(31)28(29)32)26(30)18-10-12-21-22(14-18)36-16-35-21/h5-15,25,30H,3-4,16H2,1-2H3/b26-24-. The van der Waals surface area contributed by atoms with Crippen LogP contribution in [0.4, 0.5) is 5.69 Å². The highest BCUT2D eigenvalue weighted by Gasteiger charge is 2.47. The highest BCUT2D eigenvalue weighted by molar-refractivity contribution is 6.51. The van der Waals surface area contributed by atoms with Crippen LogP contribution in [0.25, 0.3) is 5.76 Å². The van der Waals surface area contributed by atoms with Gasteiger partial charge in [0, 0.05) is 17.3 Å². The molecule has 2 aliphatic heterocycles. The average Bonchev–Trinajstić information content (AvgIpc) is 3.47. The molecular formula is C28H25NO7. The molecule has 3 aromatic carbocycles. The van der Waals surface area contributed by atoms with Crippen LogP contribution < -0.4 is 23.8 Å². The van der Waals surface area contributed by atoms with Crippen molar-refractivity contribution in [2.24, 2.45) is 0 Å². The first kappa shape index (κ1) is 23.3. The lowest BCUT2D eigenvalue weighted by Crippen LogP contribution is -2.29. The number of carbonyl (C=O) groups excluding carboxylic acids is 2. The Bertz CT molecular complexity index is 1350. The normalized spacial score (nSPS) is 17.9. The highest BCUT2D eigenvalue weighted by Crippen LogP contribution is 2.45. The number of ether oxygens (including phenoxy) is 4. The van der Waals surface area contributed by atoms with Gasteiger partial charge in [-0.25, -0.2) is 0 Å². The van der Waals surface area contributed by atoms with Gasteiger partial charge in [0.05, 0.1) is 24.8 Å². The molecule has 0 aromatic heterocycles. The van der Waals surface area contributed by atoms with Crippen LogP contribution in [0.1, 0.15) is 31.0 Å². The zero-order chi connectivity index (χ0) is 25.2. The third kappa shape index (κ3) is 4.00. The van der Waals surface area contributed by atoms with Gasteiger partial charge in [-0.1, -0.05) is 30.3 Å². The van der Waals surface area contributed by atoms with Gasteiger partial charge in [0.25, 0.3) is 11.7 Å². The first-order valence-corrected chi connectivity index (χ1v) is 11.7. The lowest BCUT2D eigenvalue weighted by molar-refractivity contribution is -0.132. The molecule has 8 nitrogen and oxygen atoms in total. The molecule has 2 heterocycles. The van der Waals surface area contributed by atoms with Crippen molar-refractivity contribution in [1.82, 2.24) is 0 Å². The Kier molecular flexibility index (Phi) is 6.25. The number of fused-ring (bicyclic) bond motifs is 1. The van der Waals surface area contributed by atoms with Crippen LogP contribution in [-0.4, -0.2) is 36.8 Å². The number of aliphatic hydroxyl groups is 1. The Morgan fingerprint density at radius 3 is 2.39 bits per heavy atom. The third-order valence-electron chi connectivity index (χ3n) is 6.01. The zero-order valence-electron chi connectivity index (χ0n) is 19.9. The van der Waals surface area contributed by atoms with E-state index in [2.05, 4.69) is 0 Å². The minimum atomic E-state index is -0.857. The van der Waals surface area contributed by atoms with Crippen LogP contribution in [0.15, 0.2) is 72.3 Å². The van der Waals surface area contributed by atoms with Gasteiger partial charge in [0.15, 0.2) is 23.0 Å². The molecule has 5 rings (SSSR count). The monoisotopic (exact) mass is 487 g/mol. The maximum atomic E-state index is 13.4. The van der Waals surface area contributed by atoms with Crippen molar-refractivity contribution in [3.63, 3.8) is 0 Å². The Balaban J connectivity index is 1.66. The number of hydrogen-bond donors (Lipinski definition) is 1. The smallest absolute Gasteiger partial charge is 0.300 e. The predicted molar refractivity (Wildman–Crippen MR) is 133 cm³/mol. The summed E-state index contributed by atoms with van der Waals surface area (Å²) in [7, 11) is 0. The van der Waals surface area contributed by atoms with E-state index in [0.717, 1.165) is 0 Å². The van der Waals surface area contributed by atoms with Crippen LogP contribution in [0.5, 0.6) is 23.0 Å². The molecule has 0 bridgehead atoms. The van der Waals surface area contributed by atoms with Crippen LogP contribution in [0.2, 0.25) is 0 Å². The molecule has 1 saturated heterocycles. The number of nitrogens with zero attached hydrogens (tertiary/aromatic N) is 1. The summed E-state index contributed by atoms with van der Waals surface area (Å²) < 4.78 is 22.2. The summed E-state index contributed by atoms with van der Waals surface area (Å²) in [4.78, 5) is 28.2. The topological polar surface area (TPSA) is 94.5 Å². The molecule has 0 saturated carbocycles. The number of benzene rings is 3. The second kappa shape index (κ2) is 9.65. The van der Waals surface area contributed by atoms with Crippen LogP contribution in [-0.2, 0) is 9.59 Å². The zero-order valence-corrected chi connectivity index (χ0v) is 19.9. The minimum absolute atomic E-state index is 0.0168. The summed E-state index contributed by atoms with van der Waals surface area (Å²) in [6.45, 7) is 4.64. The molecule has 1 N–H and O–H groups in total. The highest BCUT2D eigenvalue weighted by atomic mass is 16.7. The van der Waals surface area contributed by atoms with Gasteiger partial charge >= 0.3 is 0 Å². The Hall–Kier alpha value is -4.46. The fourth-order valence-corrected chi connectivity index (χ4v) is 4.44. The number of anilines is 1. The van der Waals surface area contributed by atoms with Crippen molar-refractivity contribution < 1.29 is 33.6 Å². The van der Waals surface area contributed by atoms with E-state index in [1.165, 1.54) is 4.90 Å². The molecule has 1 unspecified atom stereocenters. The molecule has 36 heavy (non-hydrogen) atoms. The lowest BCUT2D eigenvalue weighted by atomic mass is 9.95. The Labute approximate surface area is 208 Å². The number of aliphatic hydroxyl groups excluding tert-OH is 1. The number of rotatable bonds is 7. The van der Waals surface area contributed by atoms with Crippen LogP contribution in [0.3, 0.4) is 0 Å². The van der Waals surface area contributed by atoms with Gasteiger partial charge in [-0.3, -0.25) is 14.5 Å². The van der Waals surface area contributed by atoms with Crippen molar-refractivity contribution in [3.05, 3.63) is 83.4 Å². The molecule has 8 heteroatoms. The van der Waals surface area contributed by atoms with E-state index >= 15 is 0 Å². The van der Waals surface area contributed by atoms with E-state index in [1.54, 1.807) is 36.4 Å². The van der Waals surface area contributed by atoms with Crippen molar-refractivity contribution in [1.29, 1.82) is 0 Å². The second-order valence-electron chi connectivity index (χ2n) is 8.14. The van der Waals surface area contributed by atoms with Gasteiger partial charge in [-0.15, -0.1) is 0 Å². The summed E-state index contributed by atoms with van der Waals surface area (Å²) >= 11 is 0. The van der Waals surface area contributed by atoms with E-state index in [-0.39, 0.29) is 18.1 Å². The third-order valence-corrected chi connectivity index (χ3v) is 6.01. The molecule has 0 spiro atoms. The van der Waals surface area contributed by atoms with Gasteiger partial charge in [0.1, 0.15) is 5.76 Å². The van der Waals surface area contributed by atoms with Gasteiger partial charge in [0.2, 0.25) is 6.79 Å². The molecule has 184 valence electrons. The van der Waals surface area contributed by atoms with Gasteiger partial charge in [-0.05, 0) is 49.7 Å². The fraction of sp³-hybridized carbons (Fsp3) is 0.214. The molecule has 0 aliphatic carbocycles. The second-order valence-corrected chi connectivity index (χ2v) is 8.14. The quantitative estimate of drug-likeness (QED) is 0.290. The predicted octanol–water partition coefficient (Wildman–Crippen LogP) is 4.84. The van der Waals surface area contributed by atoms with Crippen molar-refractivity contribution in [3.8, 4) is 23.0 Å². The van der Waals surface area contributed by atoms with Gasteiger partial charge in [-0.2, -0.15) is 0 Å². The molecule has 1 amide bonds. The maximum Gasteiger partial charge on any atom is 0.300 e. The molecule has 1 atom stereocenters. The van der Waals surface area contributed by atoms with E-state index in [0.29, 0.717) is 53.0 Å². The Morgan fingerprint density at radius 2 is 1.64 bits per heavy atom. The molecule has 2 aliphatic rings. The molecular weight excluding hydrogens is 462 g/mol. The molecule has 0 radical (unpaired) electrons. The first-order chi connectivity index (χ1) is 17.5. The first-order valence-electron chi connectivity index (χ1n) is 11.7. The van der Waals surface area contributed by atoms with Gasteiger partial charge < -0.3 is 24.1 Å². The average molecular weight is 488 g/mol. The maximum absolute atomic E-state index is 13.4. The summed E-state index contributed by atoms with van der Waals surface area (Å²) in [5, 5.41) is 11.3. The van der Waals surface area contributed by atoms with Crippen LogP contribution >= 0.6 is 0 Å². The summed E-state index contributed by atoms with van der Waals surface area (Å²) in [6.07, 6.45) is 0. The van der Waals surface area contributed by atoms with Crippen LogP contribution in [0, 0.1) is 0 Å². The number of ketones is 1.